The van der Waals surface area contributed by atoms with Gasteiger partial charge in [0.15, 0.2) is 0 Å². The Balaban J connectivity index is 3.15. The second-order valence-electron chi connectivity index (χ2n) is 4.64. The van der Waals surface area contributed by atoms with E-state index < -0.39 is 5.54 Å². The number of nitrogens with two attached hydrogens (primary N) is 2. The molecule has 0 amide bonds. The SMILES string of the molecule is CC(C)Oc1ccc(N)cc1C(C)(C)N. The molecular weight excluding hydrogens is 188 g/mol. The Bertz CT molecular complexity index is 340. The first kappa shape index (κ1) is 11.9. The number of anilines is 1. The second-order valence-corrected chi connectivity index (χ2v) is 4.64. The molecule has 84 valence electrons. The van der Waals surface area contributed by atoms with E-state index >= 15 is 0 Å². The maximum absolute atomic E-state index is 6.07. The van der Waals surface area contributed by atoms with Gasteiger partial charge in [0.1, 0.15) is 5.75 Å². The minimum atomic E-state index is -0.445. The summed E-state index contributed by atoms with van der Waals surface area (Å²) in [6, 6.07) is 5.57. The van der Waals surface area contributed by atoms with Crippen LogP contribution < -0.4 is 16.2 Å². The third-order valence-electron chi connectivity index (χ3n) is 2.06. The Morgan fingerprint density at radius 1 is 1.27 bits per heavy atom. The molecule has 0 fully saturated rings. The number of ether oxygens (including phenoxy) is 1. The van der Waals surface area contributed by atoms with Crippen LogP contribution in [0, 0.1) is 0 Å². The molecule has 0 aliphatic rings. The van der Waals surface area contributed by atoms with Gasteiger partial charge < -0.3 is 16.2 Å². The van der Waals surface area contributed by atoms with Gasteiger partial charge in [-0.3, -0.25) is 0 Å². The molecule has 0 saturated heterocycles. The van der Waals surface area contributed by atoms with Crippen molar-refractivity contribution >= 4 is 5.69 Å². The van der Waals surface area contributed by atoms with Gasteiger partial charge in [-0.15, -0.1) is 0 Å². The summed E-state index contributed by atoms with van der Waals surface area (Å²) >= 11 is 0. The Hall–Kier alpha value is -1.22. The minimum absolute atomic E-state index is 0.134. The molecule has 0 spiro atoms. The summed E-state index contributed by atoms with van der Waals surface area (Å²) in [6.07, 6.45) is 0.134. The molecule has 0 aliphatic carbocycles. The van der Waals surface area contributed by atoms with Crippen molar-refractivity contribution < 1.29 is 4.74 Å². The molecule has 0 heterocycles. The van der Waals surface area contributed by atoms with Crippen LogP contribution in [-0.4, -0.2) is 6.10 Å². The summed E-state index contributed by atoms with van der Waals surface area (Å²) in [4.78, 5) is 0. The van der Waals surface area contributed by atoms with Crippen LogP contribution in [0.3, 0.4) is 0 Å². The van der Waals surface area contributed by atoms with Crippen LogP contribution >= 0.6 is 0 Å². The lowest BCUT2D eigenvalue weighted by molar-refractivity contribution is 0.236. The standard InChI is InChI=1S/C12H20N2O/c1-8(2)15-11-6-5-9(13)7-10(11)12(3,4)14/h5-8H,13-14H2,1-4H3. The summed E-state index contributed by atoms with van der Waals surface area (Å²) in [5.74, 6) is 0.812. The maximum Gasteiger partial charge on any atom is 0.124 e. The van der Waals surface area contributed by atoms with E-state index in [1.807, 2.05) is 45.9 Å². The quantitative estimate of drug-likeness (QED) is 0.749. The molecule has 0 bridgehead atoms. The van der Waals surface area contributed by atoms with Gasteiger partial charge in [-0.05, 0) is 45.9 Å². The highest BCUT2D eigenvalue weighted by Crippen LogP contribution is 2.30. The van der Waals surface area contributed by atoms with Crippen molar-refractivity contribution in [2.75, 3.05) is 5.73 Å². The van der Waals surface area contributed by atoms with Gasteiger partial charge in [-0.2, -0.15) is 0 Å². The molecular formula is C12H20N2O. The molecule has 1 aromatic rings. The molecule has 0 unspecified atom stereocenters. The van der Waals surface area contributed by atoms with E-state index in [1.54, 1.807) is 0 Å². The number of benzene rings is 1. The minimum Gasteiger partial charge on any atom is -0.491 e. The number of rotatable bonds is 3. The Morgan fingerprint density at radius 2 is 1.87 bits per heavy atom. The van der Waals surface area contributed by atoms with Crippen LogP contribution in [0.4, 0.5) is 5.69 Å². The average Bonchev–Trinajstić information content (AvgIpc) is 2.05. The highest BCUT2D eigenvalue weighted by molar-refractivity contribution is 5.50. The third kappa shape index (κ3) is 3.13. The van der Waals surface area contributed by atoms with Crippen LogP contribution in [0.5, 0.6) is 5.75 Å². The number of hydrogen-bond acceptors (Lipinski definition) is 3. The molecule has 0 aromatic heterocycles. The molecule has 0 radical (unpaired) electrons. The molecule has 1 aromatic carbocycles. The van der Waals surface area contributed by atoms with Gasteiger partial charge in [-0.25, -0.2) is 0 Å². The highest BCUT2D eigenvalue weighted by Gasteiger charge is 2.20. The first-order valence-electron chi connectivity index (χ1n) is 5.16. The van der Waals surface area contributed by atoms with E-state index in [2.05, 4.69) is 0 Å². The number of nitrogen functional groups attached to an aromatic ring is 1. The largest absolute Gasteiger partial charge is 0.491 e. The predicted molar refractivity (Wildman–Crippen MR) is 63.8 cm³/mol. The normalized spacial score (nSPS) is 11.9. The Kier molecular flexibility index (Phi) is 3.25. The lowest BCUT2D eigenvalue weighted by atomic mass is 9.94. The van der Waals surface area contributed by atoms with E-state index in [9.17, 15) is 0 Å². The van der Waals surface area contributed by atoms with Gasteiger partial charge >= 0.3 is 0 Å². The van der Waals surface area contributed by atoms with E-state index in [0.29, 0.717) is 5.69 Å². The van der Waals surface area contributed by atoms with Gasteiger partial charge in [0.2, 0.25) is 0 Å². The van der Waals surface area contributed by atoms with Crippen LogP contribution in [0.25, 0.3) is 0 Å². The zero-order valence-corrected chi connectivity index (χ0v) is 9.87. The molecule has 0 aliphatic heterocycles. The van der Waals surface area contributed by atoms with E-state index in [1.165, 1.54) is 0 Å². The van der Waals surface area contributed by atoms with Crippen molar-refractivity contribution in [2.45, 2.75) is 39.3 Å². The van der Waals surface area contributed by atoms with E-state index in [4.69, 9.17) is 16.2 Å². The summed E-state index contributed by atoms with van der Waals surface area (Å²) in [6.45, 7) is 7.86. The van der Waals surface area contributed by atoms with Crippen molar-refractivity contribution in [3.63, 3.8) is 0 Å². The predicted octanol–water partition coefficient (Wildman–Crippen LogP) is 2.25. The van der Waals surface area contributed by atoms with Gasteiger partial charge in [-0.1, -0.05) is 0 Å². The fraction of sp³-hybridized carbons (Fsp3) is 0.500. The van der Waals surface area contributed by atoms with Gasteiger partial charge in [0.25, 0.3) is 0 Å². The zero-order valence-electron chi connectivity index (χ0n) is 9.87. The van der Waals surface area contributed by atoms with Crippen molar-refractivity contribution in [3.05, 3.63) is 23.8 Å². The fourth-order valence-electron chi connectivity index (χ4n) is 1.41. The third-order valence-corrected chi connectivity index (χ3v) is 2.06. The molecule has 3 heteroatoms. The summed E-state index contributed by atoms with van der Waals surface area (Å²) in [7, 11) is 0. The van der Waals surface area contributed by atoms with Crippen molar-refractivity contribution in [1.82, 2.24) is 0 Å². The van der Waals surface area contributed by atoms with E-state index in [0.717, 1.165) is 11.3 Å². The van der Waals surface area contributed by atoms with Crippen molar-refractivity contribution in [2.24, 2.45) is 5.73 Å². The topological polar surface area (TPSA) is 61.3 Å². The Morgan fingerprint density at radius 3 is 2.33 bits per heavy atom. The molecule has 3 nitrogen and oxygen atoms in total. The second kappa shape index (κ2) is 4.11. The van der Waals surface area contributed by atoms with Gasteiger partial charge in [0, 0.05) is 16.8 Å². The van der Waals surface area contributed by atoms with Gasteiger partial charge in [0.05, 0.1) is 6.10 Å². The van der Waals surface area contributed by atoms with E-state index in [-0.39, 0.29) is 6.10 Å². The molecule has 1 rings (SSSR count). The molecule has 15 heavy (non-hydrogen) atoms. The first-order chi connectivity index (χ1) is 6.80. The average molecular weight is 208 g/mol. The molecule has 0 saturated carbocycles. The lowest BCUT2D eigenvalue weighted by Gasteiger charge is -2.24. The van der Waals surface area contributed by atoms with Crippen LogP contribution in [0.2, 0.25) is 0 Å². The lowest BCUT2D eigenvalue weighted by Crippen LogP contribution is -2.29. The number of hydrogen-bond donors (Lipinski definition) is 2. The first-order valence-corrected chi connectivity index (χ1v) is 5.16. The Labute approximate surface area is 91.4 Å². The van der Waals surface area contributed by atoms with Crippen LogP contribution in [-0.2, 0) is 5.54 Å². The molecule has 4 N–H and O–H groups in total. The maximum atomic E-state index is 6.07. The fourth-order valence-corrected chi connectivity index (χ4v) is 1.41. The summed E-state index contributed by atoms with van der Waals surface area (Å²) in [5.41, 5.74) is 13.0. The summed E-state index contributed by atoms with van der Waals surface area (Å²) in [5, 5.41) is 0. The monoisotopic (exact) mass is 208 g/mol. The highest BCUT2D eigenvalue weighted by atomic mass is 16.5. The summed E-state index contributed by atoms with van der Waals surface area (Å²) < 4.78 is 5.69. The zero-order chi connectivity index (χ0) is 11.6. The van der Waals surface area contributed by atoms with Crippen molar-refractivity contribution in [3.8, 4) is 5.75 Å². The molecule has 0 atom stereocenters. The smallest absolute Gasteiger partial charge is 0.124 e. The van der Waals surface area contributed by atoms with Crippen LogP contribution in [0.1, 0.15) is 33.3 Å². The van der Waals surface area contributed by atoms with Crippen molar-refractivity contribution in [1.29, 1.82) is 0 Å². The van der Waals surface area contributed by atoms with Crippen LogP contribution in [0.15, 0.2) is 18.2 Å².